The third-order valence-corrected chi connectivity index (χ3v) is 2.25. The molecule has 0 aromatic heterocycles. The van der Waals surface area contributed by atoms with Crippen LogP contribution in [0.25, 0.3) is 0 Å². The lowest BCUT2D eigenvalue weighted by molar-refractivity contribution is 0.129. The fraction of sp³-hybridized carbons (Fsp3) is 1.00. The largest absolute Gasteiger partial charge is 0.365 e. The van der Waals surface area contributed by atoms with Gasteiger partial charge in [-0.15, -0.1) is 0 Å². The van der Waals surface area contributed by atoms with Crippen LogP contribution in [0.2, 0.25) is 0 Å². The van der Waals surface area contributed by atoms with Crippen LogP contribution in [0.15, 0.2) is 0 Å². The molecule has 1 unspecified atom stereocenters. The molecule has 0 spiro atoms. The summed E-state index contributed by atoms with van der Waals surface area (Å²) in [6.45, 7) is 10.9. The van der Waals surface area contributed by atoms with Gasteiger partial charge in [0.2, 0.25) is 0 Å². The first kappa shape index (κ1) is 13.4. The van der Waals surface area contributed by atoms with E-state index in [9.17, 15) is 0 Å². The highest BCUT2D eigenvalue weighted by atomic mass is 31.0. The van der Waals surface area contributed by atoms with E-state index in [0.29, 0.717) is 5.41 Å². The van der Waals surface area contributed by atoms with Crippen molar-refractivity contribution in [3.63, 3.8) is 0 Å². The molecule has 0 rings (SSSR count). The normalized spacial score (nSPS) is 13.4. The van der Waals surface area contributed by atoms with Crippen molar-refractivity contribution in [2.45, 2.75) is 34.1 Å². The minimum Gasteiger partial charge on any atom is -0.365 e. The Morgan fingerprint density at radius 3 is 2.08 bits per heavy atom. The van der Waals surface area contributed by atoms with Crippen LogP contribution < -0.4 is 5.32 Å². The summed E-state index contributed by atoms with van der Waals surface area (Å²) in [5.41, 5.74) is 0.587. The lowest BCUT2D eigenvalue weighted by Crippen LogP contribution is -2.33. The van der Waals surface area contributed by atoms with Gasteiger partial charge >= 0.3 is 0 Å². The number of hydrogen-bond donors (Lipinski definition) is 1. The molecule has 2 nitrogen and oxygen atoms in total. The first-order valence-electron chi connectivity index (χ1n) is 4.79. The molecule has 0 fully saturated rings. The van der Waals surface area contributed by atoms with Gasteiger partial charge in [0.05, 0.1) is 6.61 Å². The van der Waals surface area contributed by atoms with Gasteiger partial charge in [-0.25, -0.2) is 0 Å². The van der Waals surface area contributed by atoms with Crippen LogP contribution in [-0.4, -0.2) is 20.2 Å². The molecule has 0 saturated heterocycles. The lowest BCUT2D eigenvalue weighted by atomic mass is 9.75. The Morgan fingerprint density at radius 2 is 1.69 bits per heavy atom. The van der Waals surface area contributed by atoms with Crippen LogP contribution in [-0.2, 0) is 4.52 Å². The van der Waals surface area contributed by atoms with Crippen LogP contribution in [0, 0.1) is 10.8 Å². The number of hydrogen-bond acceptors (Lipinski definition) is 2. The molecular weight excluding hydrogens is 181 g/mol. The molecule has 0 aromatic rings. The molecule has 13 heavy (non-hydrogen) atoms. The summed E-state index contributed by atoms with van der Waals surface area (Å²) in [6.07, 6.45) is 1.16. The molecule has 0 bridgehead atoms. The summed E-state index contributed by atoms with van der Waals surface area (Å²) in [7, 11) is 4.33. The first-order valence-corrected chi connectivity index (χ1v) is 5.26. The van der Waals surface area contributed by atoms with E-state index in [1.54, 1.807) is 0 Å². The molecule has 1 N–H and O–H groups in total. The van der Waals surface area contributed by atoms with Gasteiger partial charge in [0.15, 0.2) is 0 Å². The maximum Gasteiger partial charge on any atom is 0.0553 e. The molecule has 0 aliphatic heterocycles. The Hall–Kier alpha value is 0.350. The zero-order valence-electron chi connectivity index (χ0n) is 9.61. The minimum atomic E-state index is 0.252. The van der Waals surface area contributed by atoms with E-state index in [1.165, 1.54) is 0 Å². The molecule has 0 saturated carbocycles. The average molecular weight is 205 g/mol. The molecular formula is C10H24NOP. The summed E-state index contributed by atoms with van der Waals surface area (Å²) in [6, 6.07) is 0. The molecule has 80 valence electrons. The van der Waals surface area contributed by atoms with Crippen LogP contribution in [0.5, 0.6) is 0 Å². The Balaban J connectivity index is 4.07. The molecule has 3 heteroatoms. The molecule has 0 radical (unpaired) electrons. The molecule has 0 aliphatic carbocycles. The van der Waals surface area contributed by atoms with Gasteiger partial charge in [-0.2, -0.15) is 0 Å². The van der Waals surface area contributed by atoms with E-state index in [-0.39, 0.29) is 5.41 Å². The minimum absolute atomic E-state index is 0.252. The Labute approximate surface area is 85.1 Å². The van der Waals surface area contributed by atoms with E-state index < -0.39 is 0 Å². The second kappa shape index (κ2) is 5.29. The van der Waals surface area contributed by atoms with Crippen molar-refractivity contribution in [3.05, 3.63) is 0 Å². The topological polar surface area (TPSA) is 21.3 Å². The zero-order valence-corrected chi connectivity index (χ0v) is 10.8. The lowest BCUT2D eigenvalue weighted by Gasteiger charge is -2.34. The van der Waals surface area contributed by atoms with Crippen molar-refractivity contribution in [1.29, 1.82) is 0 Å². The average Bonchev–Trinajstić information content (AvgIpc) is 1.82. The summed E-state index contributed by atoms with van der Waals surface area (Å²) >= 11 is 0. The van der Waals surface area contributed by atoms with Crippen LogP contribution in [0.3, 0.4) is 0 Å². The third kappa shape index (κ3) is 6.42. The fourth-order valence-electron chi connectivity index (χ4n) is 2.11. The van der Waals surface area contributed by atoms with Crippen molar-refractivity contribution in [2.24, 2.45) is 10.8 Å². The fourth-order valence-corrected chi connectivity index (χ4v) is 2.56. The number of rotatable bonds is 6. The molecule has 0 aromatic carbocycles. The molecule has 0 aliphatic rings. The summed E-state index contributed by atoms with van der Waals surface area (Å²) in [5.74, 6) is 0. The van der Waals surface area contributed by atoms with Crippen LogP contribution in [0.1, 0.15) is 34.1 Å². The van der Waals surface area contributed by atoms with E-state index in [4.69, 9.17) is 4.52 Å². The second-order valence-corrected chi connectivity index (χ2v) is 5.68. The van der Waals surface area contributed by atoms with Crippen LogP contribution >= 0.6 is 9.47 Å². The van der Waals surface area contributed by atoms with Gasteiger partial charge in [0, 0.05) is 9.47 Å². The summed E-state index contributed by atoms with van der Waals surface area (Å²) < 4.78 is 5.13. The molecule has 0 heterocycles. The Kier molecular flexibility index (Phi) is 5.43. The highest BCUT2D eigenvalue weighted by molar-refractivity contribution is 7.09. The Bertz CT molecular complexity index is 130. The molecule has 1 atom stereocenters. The maximum atomic E-state index is 5.13. The highest BCUT2D eigenvalue weighted by Crippen LogP contribution is 2.33. The van der Waals surface area contributed by atoms with Crippen LogP contribution in [0.4, 0.5) is 0 Å². The predicted molar refractivity (Wildman–Crippen MR) is 61.8 cm³/mol. The van der Waals surface area contributed by atoms with Crippen molar-refractivity contribution in [1.82, 2.24) is 5.32 Å². The van der Waals surface area contributed by atoms with Crippen molar-refractivity contribution in [3.8, 4) is 0 Å². The van der Waals surface area contributed by atoms with Gasteiger partial charge in [-0.1, -0.05) is 27.7 Å². The summed E-state index contributed by atoms with van der Waals surface area (Å²) in [5, 5.41) is 3.23. The zero-order chi connectivity index (χ0) is 10.5. The summed E-state index contributed by atoms with van der Waals surface area (Å²) in [4.78, 5) is 0. The third-order valence-electron chi connectivity index (χ3n) is 2.09. The van der Waals surface area contributed by atoms with E-state index >= 15 is 0 Å². The SMILES string of the molecule is CNCC(C)(C)CC(C)(C)COP. The van der Waals surface area contributed by atoms with Gasteiger partial charge < -0.3 is 9.84 Å². The van der Waals surface area contributed by atoms with Gasteiger partial charge in [-0.05, 0) is 30.8 Å². The quantitative estimate of drug-likeness (QED) is 0.672. The van der Waals surface area contributed by atoms with E-state index in [2.05, 4.69) is 42.5 Å². The monoisotopic (exact) mass is 205 g/mol. The standard InChI is InChI=1S/C10H24NOP/c1-9(2,7-11-5)6-10(3,4)8-12-13/h11H,6-8,13H2,1-5H3. The maximum absolute atomic E-state index is 5.13. The highest BCUT2D eigenvalue weighted by Gasteiger charge is 2.28. The van der Waals surface area contributed by atoms with Crippen molar-refractivity contribution >= 4 is 9.47 Å². The Morgan fingerprint density at radius 1 is 1.15 bits per heavy atom. The first-order chi connectivity index (χ1) is 5.83. The van der Waals surface area contributed by atoms with Crippen molar-refractivity contribution < 1.29 is 4.52 Å². The van der Waals surface area contributed by atoms with Gasteiger partial charge in [0.25, 0.3) is 0 Å². The second-order valence-electron chi connectivity index (χ2n) is 5.35. The van der Waals surface area contributed by atoms with E-state index in [0.717, 1.165) is 19.6 Å². The predicted octanol–water partition coefficient (Wildman–Crippen LogP) is 2.46. The van der Waals surface area contributed by atoms with Gasteiger partial charge in [-0.3, -0.25) is 0 Å². The van der Waals surface area contributed by atoms with E-state index in [1.807, 2.05) is 7.05 Å². The smallest absolute Gasteiger partial charge is 0.0553 e. The number of nitrogens with one attached hydrogen (secondary N) is 1. The van der Waals surface area contributed by atoms with Gasteiger partial charge in [0.1, 0.15) is 0 Å². The van der Waals surface area contributed by atoms with Crippen molar-refractivity contribution in [2.75, 3.05) is 20.2 Å². The molecule has 0 amide bonds.